The van der Waals surface area contributed by atoms with E-state index in [1.54, 1.807) is 0 Å². The van der Waals surface area contributed by atoms with Crippen LogP contribution >= 0.6 is 0 Å². The summed E-state index contributed by atoms with van der Waals surface area (Å²) in [4.78, 5) is 37.6. The summed E-state index contributed by atoms with van der Waals surface area (Å²) in [5.74, 6) is -1.15. The fourth-order valence-electron chi connectivity index (χ4n) is 4.01. The molecular formula is C31H43NO5. The van der Waals surface area contributed by atoms with Gasteiger partial charge >= 0.3 is 11.9 Å². The van der Waals surface area contributed by atoms with E-state index >= 15 is 0 Å². The zero-order chi connectivity index (χ0) is 26.6. The third-order valence-corrected chi connectivity index (χ3v) is 6.23. The molecule has 0 saturated carbocycles. The number of carbonyl (C=O) groups excluding carboxylic acids is 3. The van der Waals surface area contributed by atoms with Crippen LogP contribution in [-0.2, 0) is 37.1 Å². The van der Waals surface area contributed by atoms with E-state index in [0.717, 1.165) is 30.4 Å². The van der Waals surface area contributed by atoms with Crippen LogP contribution in [0.3, 0.4) is 0 Å². The third-order valence-electron chi connectivity index (χ3n) is 6.23. The van der Waals surface area contributed by atoms with E-state index in [-0.39, 0.29) is 32.0 Å². The molecule has 0 spiro atoms. The van der Waals surface area contributed by atoms with Gasteiger partial charge in [-0.15, -0.1) is 0 Å². The molecule has 2 aromatic rings. The highest BCUT2D eigenvalue weighted by molar-refractivity contribution is 5.85. The van der Waals surface area contributed by atoms with Crippen molar-refractivity contribution in [3.05, 3.63) is 71.8 Å². The van der Waals surface area contributed by atoms with Crippen molar-refractivity contribution in [3.8, 4) is 0 Å². The lowest BCUT2D eigenvalue weighted by Crippen LogP contribution is -2.42. The van der Waals surface area contributed by atoms with Crippen LogP contribution in [0.4, 0.5) is 0 Å². The molecule has 1 atom stereocenters. The van der Waals surface area contributed by atoms with Crippen molar-refractivity contribution >= 4 is 17.8 Å². The molecule has 0 bridgehead atoms. The summed E-state index contributed by atoms with van der Waals surface area (Å²) >= 11 is 0. The first-order valence-corrected chi connectivity index (χ1v) is 13.8. The van der Waals surface area contributed by atoms with Gasteiger partial charge in [-0.1, -0.05) is 119 Å². The molecule has 6 nitrogen and oxygen atoms in total. The van der Waals surface area contributed by atoms with Gasteiger partial charge in [0.25, 0.3) is 0 Å². The maximum absolute atomic E-state index is 12.8. The van der Waals surface area contributed by atoms with Crippen molar-refractivity contribution in [1.29, 1.82) is 0 Å². The lowest BCUT2D eigenvalue weighted by Gasteiger charge is -2.18. The molecule has 0 aliphatic heterocycles. The molecular weight excluding hydrogens is 466 g/mol. The summed E-state index contributed by atoms with van der Waals surface area (Å²) < 4.78 is 10.8. The van der Waals surface area contributed by atoms with Gasteiger partial charge in [0.1, 0.15) is 19.3 Å². The average molecular weight is 510 g/mol. The Labute approximate surface area is 222 Å². The molecule has 1 N–H and O–H groups in total. The van der Waals surface area contributed by atoms with E-state index in [2.05, 4.69) is 12.2 Å². The second-order valence-corrected chi connectivity index (χ2v) is 9.48. The highest BCUT2D eigenvalue weighted by Gasteiger charge is 2.23. The van der Waals surface area contributed by atoms with Gasteiger partial charge in [-0.05, 0) is 24.0 Å². The largest absolute Gasteiger partial charge is 0.461 e. The van der Waals surface area contributed by atoms with Crippen molar-refractivity contribution in [2.75, 3.05) is 0 Å². The molecule has 0 radical (unpaired) electrons. The van der Waals surface area contributed by atoms with Gasteiger partial charge in [0.15, 0.2) is 0 Å². The van der Waals surface area contributed by atoms with Gasteiger partial charge in [0.2, 0.25) is 5.91 Å². The summed E-state index contributed by atoms with van der Waals surface area (Å²) in [7, 11) is 0. The second kappa shape index (κ2) is 19.0. The van der Waals surface area contributed by atoms with Crippen LogP contribution in [0.2, 0.25) is 0 Å². The number of nitrogens with one attached hydrogen (secondary N) is 1. The van der Waals surface area contributed by atoms with E-state index in [0.29, 0.717) is 6.42 Å². The minimum atomic E-state index is -0.890. The monoisotopic (exact) mass is 509 g/mol. The summed E-state index contributed by atoms with van der Waals surface area (Å²) in [6, 6.07) is 17.9. The van der Waals surface area contributed by atoms with Gasteiger partial charge in [-0.25, -0.2) is 4.79 Å². The fourth-order valence-corrected chi connectivity index (χ4v) is 4.01. The molecule has 202 valence electrons. The van der Waals surface area contributed by atoms with Gasteiger partial charge in [0.05, 0.1) is 0 Å². The fraction of sp³-hybridized carbons (Fsp3) is 0.516. The normalized spacial score (nSPS) is 11.5. The number of hydrogen-bond acceptors (Lipinski definition) is 5. The lowest BCUT2D eigenvalue weighted by atomic mass is 10.1. The molecule has 2 rings (SSSR count). The van der Waals surface area contributed by atoms with Crippen LogP contribution in [0, 0.1) is 0 Å². The van der Waals surface area contributed by atoms with Gasteiger partial charge < -0.3 is 14.8 Å². The number of carbonyl (C=O) groups is 3. The molecule has 0 aromatic heterocycles. The van der Waals surface area contributed by atoms with Crippen LogP contribution in [0.15, 0.2) is 60.7 Å². The van der Waals surface area contributed by atoms with E-state index in [1.807, 2.05) is 60.7 Å². The van der Waals surface area contributed by atoms with Crippen LogP contribution in [-0.4, -0.2) is 23.9 Å². The Morgan fingerprint density at radius 1 is 0.676 bits per heavy atom. The molecule has 37 heavy (non-hydrogen) atoms. The maximum Gasteiger partial charge on any atom is 0.328 e. The highest BCUT2D eigenvalue weighted by atomic mass is 16.5. The van der Waals surface area contributed by atoms with Gasteiger partial charge in [-0.2, -0.15) is 0 Å². The molecule has 2 aromatic carbocycles. The number of unbranched alkanes of at least 4 members (excludes halogenated alkanes) is 8. The quantitative estimate of drug-likeness (QED) is 0.169. The minimum absolute atomic E-state index is 0.0102. The van der Waals surface area contributed by atoms with E-state index < -0.39 is 18.0 Å². The summed E-state index contributed by atoms with van der Waals surface area (Å²) in [6.07, 6.45) is 11.0. The Morgan fingerprint density at radius 3 is 1.76 bits per heavy atom. The number of esters is 2. The van der Waals surface area contributed by atoms with Crippen molar-refractivity contribution in [3.63, 3.8) is 0 Å². The minimum Gasteiger partial charge on any atom is -0.461 e. The number of ether oxygens (including phenoxy) is 2. The summed E-state index contributed by atoms with van der Waals surface area (Å²) in [5.41, 5.74) is 1.75. The van der Waals surface area contributed by atoms with Crippen molar-refractivity contribution < 1.29 is 23.9 Å². The zero-order valence-corrected chi connectivity index (χ0v) is 22.3. The smallest absolute Gasteiger partial charge is 0.328 e. The molecule has 0 aliphatic carbocycles. The van der Waals surface area contributed by atoms with E-state index in [1.165, 1.54) is 38.5 Å². The number of benzene rings is 2. The molecule has 0 aliphatic rings. The lowest BCUT2D eigenvalue weighted by molar-refractivity contribution is -0.150. The Kier molecular flexibility index (Phi) is 15.5. The zero-order valence-electron chi connectivity index (χ0n) is 22.3. The van der Waals surface area contributed by atoms with E-state index in [4.69, 9.17) is 9.47 Å². The van der Waals surface area contributed by atoms with Crippen LogP contribution < -0.4 is 5.32 Å². The topological polar surface area (TPSA) is 81.7 Å². The Bertz CT molecular complexity index is 900. The first-order valence-electron chi connectivity index (χ1n) is 13.8. The maximum atomic E-state index is 12.8. The standard InChI is InChI=1S/C31H43NO5/c1-2-3-4-5-6-7-8-9-16-21-29(33)32-28(31(35)37-25-27-19-14-11-15-20-27)22-23-30(34)36-24-26-17-12-10-13-18-26/h10-15,17-20,28H,2-9,16,21-25H2,1H3,(H,32,33). The number of hydrogen-bond donors (Lipinski definition) is 1. The first-order chi connectivity index (χ1) is 18.1. The van der Waals surface area contributed by atoms with Gasteiger partial charge in [-0.3, -0.25) is 9.59 Å². The Balaban J connectivity index is 1.76. The first kappa shape index (κ1) is 30.1. The number of rotatable bonds is 19. The van der Waals surface area contributed by atoms with Crippen molar-refractivity contribution in [2.24, 2.45) is 0 Å². The van der Waals surface area contributed by atoms with Crippen LogP contribution in [0.5, 0.6) is 0 Å². The molecule has 0 heterocycles. The van der Waals surface area contributed by atoms with Crippen molar-refractivity contribution in [1.82, 2.24) is 5.32 Å². The molecule has 0 fully saturated rings. The Hall–Kier alpha value is -3.15. The predicted octanol–water partition coefficient (Wildman–Crippen LogP) is 6.66. The summed E-state index contributed by atoms with van der Waals surface area (Å²) in [6.45, 7) is 2.51. The van der Waals surface area contributed by atoms with Crippen LogP contribution in [0.25, 0.3) is 0 Å². The van der Waals surface area contributed by atoms with Crippen LogP contribution in [0.1, 0.15) is 95.1 Å². The van der Waals surface area contributed by atoms with E-state index in [9.17, 15) is 14.4 Å². The van der Waals surface area contributed by atoms with Crippen molar-refractivity contribution in [2.45, 2.75) is 103 Å². The summed E-state index contributed by atoms with van der Waals surface area (Å²) in [5, 5.41) is 2.79. The Morgan fingerprint density at radius 2 is 1.19 bits per heavy atom. The number of amides is 1. The second-order valence-electron chi connectivity index (χ2n) is 9.48. The highest BCUT2D eigenvalue weighted by Crippen LogP contribution is 2.12. The van der Waals surface area contributed by atoms with Gasteiger partial charge in [0, 0.05) is 12.8 Å². The molecule has 0 saturated heterocycles. The predicted molar refractivity (Wildman–Crippen MR) is 145 cm³/mol. The molecule has 1 unspecified atom stereocenters. The average Bonchev–Trinajstić information content (AvgIpc) is 2.93. The molecule has 6 heteroatoms. The molecule has 1 amide bonds. The third kappa shape index (κ3) is 14.2. The SMILES string of the molecule is CCCCCCCCCCCC(=O)NC(CCC(=O)OCc1ccccc1)C(=O)OCc1ccccc1.